The van der Waals surface area contributed by atoms with Crippen LogP contribution in [0.1, 0.15) is 85.1 Å². The number of carbonyl (C=O) groups is 1. The van der Waals surface area contributed by atoms with Crippen LogP contribution in [0, 0.1) is 35.5 Å². The van der Waals surface area contributed by atoms with Crippen molar-refractivity contribution in [2.24, 2.45) is 28.6 Å². The van der Waals surface area contributed by atoms with E-state index in [0.717, 1.165) is 54.0 Å². The van der Waals surface area contributed by atoms with Gasteiger partial charge in [-0.15, -0.1) is 0 Å². The topological polar surface area (TPSA) is 55.6 Å². The van der Waals surface area contributed by atoms with Crippen molar-refractivity contribution in [2.45, 2.75) is 92.0 Å². The molecule has 4 fully saturated rings. The Balaban J connectivity index is 1.38. The molecule has 3 aromatic rings. The van der Waals surface area contributed by atoms with Gasteiger partial charge in [-0.05, 0) is 119 Å². The molecule has 0 aliphatic heterocycles. The Morgan fingerprint density at radius 1 is 1.03 bits per heavy atom. The summed E-state index contributed by atoms with van der Waals surface area (Å²) in [6, 6.07) is 12.2. The van der Waals surface area contributed by atoms with Crippen LogP contribution in [-0.2, 0) is 4.79 Å². The zero-order valence-corrected chi connectivity index (χ0v) is 23.9. The number of ether oxygens (including phenoxy) is 1. The van der Waals surface area contributed by atoms with Gasteiger partial charge < -0.3 is 10.1 Å². The number of carbonyl (C=O) groups excluding carboxylic acids is 1. The molecule has 4 saturated carbocycles. The van der Waals surface area contributed by atoms with Gasteiger partial charge in [0, 0.05) is 17.3 Å². The van der Waals surface area contributed by atoms with Crippen LogP contribution in [0.15, 0.2) is 42.6 Å². The van der Waals surface area contributed by atoms with Crippen LogP contribution < -0.4 is 10.1 Å². The van der Waals surface area contributed by atoms with Crippen LogP contribution >= 0.6 is 0 Å². The number of imidazole rings is 1. The van der Waals surface area contributed by atoms with Gasteiger partial charge in [0.05, 0.1) is 5.41 Å². The molecule has 0 saturated heterocycles. The molecule has 0 radical (unpaired) electrons. The number of benzene rings is 1. The van der Waals surface area contributed by atoms with E-state index in [9.17, 15) is 4.79 Å². The Morgan fingerprint density at radius 2 is 1.66 bits per heavy atom. The van der Waals surface area contributed by atoms with E-state index in [4.69, 9.17) is 9.72 Å². The second-order valence-corrected chi connectivity index (χ2v) is 14.6. The summed E-state index contributed by atoms with van der Waals surface area (Å²) in [5.74, 6) is 3.63. The predicted octanol–water partition coefficient (Wildman–Crippen LogP) is 8.06. The van der Waals surface area contributed by atoms with Crippen molar-refractivity contribution in [1.29, 1.82) is 0 Å². The number of pyridine rings is 1. The van der Waals surface area contributed by atoms with Crippen LogP contribution in [0.2, 0.25) is 0 Å². The van der Waals surface area contributed by atoms with Gasteiger partial charge in [0.2, 0.25) is 0 Å². The number of hydrogen-bond donors (Lipinski definition) is 1. The fourth-order valence-electron chi connectivity index (χ4n) is 8.46. The van der Waals surface area contributed by atoms with Crippen molar-refractivity contribution in [1.82, 2.24) is 9.38 Å². The van der Waals surface area contributed by atoms with Gasteiger partial charge in [-0.1, -0.05) is 32.9 Å². The van der Waals surface area contributed by atoms with Gasteiger partial charge in [0.1, 0.15) is 22.9 Å². The average molecular weight is 514 g/mol. The van der Waals surface area contributed by atoms with E-state index in [1.54, 1.807) is 0 Å². The first-order chi connectivity index (χ1) is 17.9. The lowest BCUT2D eigenvalue weighted by atomic mass is 9.49. The summed E-state index contributed by atoms with van der Waals surface area (Å²) in [5, 5.41) is 3.83. The monoisotopic (exact) mass is 513 g/mol. The second-order valence-electron chi connectivity index (χ2n) is 14.6. The Hall–Kier alpha value is -2.82. The number of hydrogen-bond acceptors (Lipinski definition) is 4. The SMILES string of the molecule is Cc1ccn2c(NC(C)(C)CC(C)(C)C)c(-c3ccccc3OC(=O)C34CC5CC(CC(C5)C3)C4)nc2c1. The Bertz CT molecular complexity index is 1340. The molecule has 4 aliphatic carbocycles. The standard InChI is InChI=1S/C33H43N3O2/c1-21-11-12-36-27(13-21)34-28(29(36)35-32(5,6)20-31(2,3)4)25-9-7-8-10-26(25)38-30(37)33-17-22-14-23(18-33)16-24(15-22)19-33/h7-13,22-24,35H,14-20H2,1-6H3. The molecule has 0 amide bonds. The van der Waals surface area contributed by atoms with Crippen molar-refractivity contribution in [3.8, 4) is 17.0 Å². The smallest absolute Gasteiger partial charge is 0.317 e. The molecular weight excluding hydrogens is 470 g/mol. The molecule has 38 heavy (non-hydrogen) atoms. The quantitative estimate of drug-likeness (QED) is 0.267. The minimum absolute atomic E-state index is 0.0220. The van der Waals surface area contributed by atoms with Crippen molar-refractivity contribution in [2.75, 3.05) is 5.32 Å². The summed E-state index contributed by atoms with van der Waals surface area (Å²) in [5.41, 5.74) is 3.44. The van der Waals surface area contributed by atoms with Crippen molar-refractivity contribution in [3.63, 3.8) is 0 Å². The fraction of sp³-hybridized carbons (Fsp3) is 0.576. The van der Waals surface area contributed by atoms with E-state index in [2.05, 4.69) is 69.6 Å². The second kappa shape index (κ2) is 8.86. The number of esters is 1. The lowest BCUT2D eigenvalue weighted by molar-refractivity contribution is -0.161. The summed E-state index contributed by atoms with van der Waals surface area (Å²) in [6.07, 6.45) is 10.0. The van der Waals surface area contributed by atoms with Crippen LogP contribution in [0.4, 0.5) is 5.82 Å². The predicted molar refractivity (Wildman–Crippen MR) is 153 cm³/mol. The molecule has 0 atom stereocenters. The Morgan fingerprint density at radius 3 is 2.29 bits per heavy atom. The molecule has 4 bridgehead atoms. The van der Waals surface area contributed by atoms with Crippen LogP contribution in [0.3, 0.4) is 0 Å². The molecule has 2 aromatic heterocycles. The average Bonchev–Trinajstić information content (AvgIpc) is 3.13. The zero-order chi connectivity index (χ0) is 26.9. The normalized spacial score (nSPS) is 26.6. The third-order valence-electron chi connectivity index (χ3n) is 9.03. The molecule has 202 valence electrons. The van der Waals surface area contributed by atoms with E-state index in [0.29, 0.717) is 23.5 Å². The number of para-hydroxylation sites is 1. The molecule has 1 aromatic carbocycles. The van der Waals surface area contributed by atoms with E-state index >= 15 is 0 Å². The van der Waals surface area contributed by atoms with Gasteiger partial charge >= 0.3 is 5.97 Å². The molecule has 1 N–H and O–H groups in total. The lowest BCUT2D eigenvalue weighted by Crippen LogP contribution is -2.51. The number of fused-ring (bicyclic) bond motifs is 1. The van der Waals surface area contributed by atoms with Gasteiger partial charge in [0.25, 0.3) is 0 Å². The van der Waals surface area contributed by atoms with Crippen molar-refractivity contribution >= 4 is 17.4 Å². The summed E-state index contributed by atoms with van der Waals surface area (Å²) in [4.78, 5) is 19.0. The summed E-state index contributed by atoms with van der Waals surface area (Å²) in [7, 11) is 0. The first kappa shape index (κ1) is 25.5. The van der Waals surface area contributed by atoms with Gasteiger partial charge in [-0.25, -0.2) is 4.98 Å². The van der Waals surface area contributed by atoms with Gasteiger partial charge in [0.15, 0.2) is 0 Å². The van der Waals surface area contributed by atoms with Gasteiger partial charge in [-0.2, -0.15) is 0 Å². The van der Waals surface area contributed by atoms with Crippen LogP contribution in [0.25, 0.3) is 16.9 Å². The van der Waals surface area contributed by atoms with Crippen LogP contribution in [-0.4, -0.2) is 20.9 Å². The minimum atomic E-state index is -0.298. The summed E-state index contributed by atoms with van der Waals surface area (Å²) in [6.45, 7) is 13.4. The largest absolute Gasteiger partial charge is 0.425 e. The highest BCUT2D eigenvalue weighted by molar-refractivity contribution is 5.85. The van der Waals surface area contributed by atoms with E-state index in [1.807, 2.05) is 24.3 Å². The maximum Gasteiger partial charge on any atom is 0.317 e. The molecule has 0 unspecified atom stereocenters. The van der Waals surface area contributed by atoms with E-state index in [1.165, 1.54) is 19.3 Å². The van der Waals surface area contributed by atoms with Crippen molar-refractivity contribution < 1.29 is 9.53 Å². The third kappa shape index (κ3) is 4.74. The first-order valence-corrected chi connectivity index (χ1v) is 14.5. The highest BCUT2D eigenvalue weighted by Crippen LogP contribution is 2.60. The Labute approximate surface area is 227 Å². The minimum Gasteiger partial charge on any atom is -0.425 e. The number of rotatable bonds is 6. The maximum atomic E-state index is 13.9. The molecular formula is C33H43N3O2. The third-order valence-corrected chi connectivity index (χ3v) is 9.03. The fourth-order valence-corrected chi connectivity index (χ4v) is 8.46. The Kier molecular flexibility index (Phi) is 5.93. The highest BCUT2D eigenvalue weighted by atomic mass is 16.5. The molecule has 5 nitrogen and oxygen atoms in total. The number of aromatic nitrogens is 2. The first-order valence-electron chi connectivity index (χ1n) is 14.5. The van der Waals surface area contributed by atoms with E-state index < -0.39 is 0 Å². The summed E-state index contributed by atoms with van der Waals surface area (Å²) < 4.78 is 8.48. The summed E-state index contributed by atoms with van der Waals surface area (Å²) >= 11 is 0. The number of aryl methyl sites for hydroxylation is 1. The van der Waals surface area contributed by atoms with Crippen molar-refractivity contribution in [3.05, 3.63) is 48.2 Å². The molecule has 4 aliphatic rings. The van der Waals surface area contributed by atoms with Crippen LogP contribution in [0.5, 0.6) is 5.75 Å². The zero-order valence-electron chi connectivity index (χ0n) is 23.9. The van der Waals surface area contributed by atoms with E-state index in [-0.39, 0.29) is 22.3 Å². The molecule has 5 heteroatoms. The molecule has 7 rings (SSSR count). The lowest BCUT2D eigenvalue weighted by Gasteiger charge is -2.55. The van der Waals surface area contributed by atoms with Gasteiger partial charge in [-0.3, -0.25) is 9.20 Å². The number of nitrogens with zero attached hydrogens (tertiary/aromatic N) is 2. The molecule has 2 heterocycles. The molecule has 0 spiro atoms. The number of nitrogens with one attached hydrogen (secondary N) is 1. The maximum absolute atomic E-state index is 13.9. The highest BCUT2D eigenvalue weighted by Gasteiger charge is 2.55. The number of anilines is 1.